The van der Waals surface area contributed by atoms with E-state index in [0.717, 1.165) is 5.56 Å². The van der Waals surface area contributed by atoms with Crippen LogP contribution in [-0.2, 0) is 14.3 Å². The van der Waals surface area contributed by atoms with Gasteiger partial charge in [0.2, 0.25) is 0 Å². The van der Waals surface area contributed by atoms with Crippen molar-refractivity contribution in [2.75, 3.05) is 12.4 Å². The van der Waals surface area contributed by atoms with Gasteiger partial charge in [-0.3, -0.25) is 9.59 Å². The number of amides is 1. The molecule has 0 spiro atoms. The molecule has 1 saturated carbocycles. The zero-order chi connectivity index (χ0) is 14.0. The Balaban J connectivity index is 1.96. The van der Waals surface area contributed by atoms with Crippen molar-refractivity contribution in [3.8, 4) is 0 Å². The van der Waals surface area contributed by atoms with Gasteiger partial charge in [0.05, 0.1) is 5.92 Å². The van der Waals surface area contributed by atoms with Gasteiger partial charge >= 0.3 is 5.97 Å². The van der Waals surface area contributed by atoms with Crippen molar-refractivity contribution < 1.29 is 19.4 Å². The molecule has 1 unspecified atom stereocenters. The Labute approximate surface area is 111 Å². The maximum atomic E-state index is 11.6. The van der Waals surface area contributed by atoms with Gasteiger partial charge in [-0.15, -0.1) is 0 Å². The average molecular weight is 263 g/mol. The molecule has 0 heterocycles. The summed E-state index contributed by atoms with van der Waals surface area (Å²) in [6, 6.07) is 7.29. The lowest BCUT2D eigenvalue weighted by Crippen LogP contribution is -2.26. The minimum Gasteiger partial charge on any atom is -0.481 e. The van der Waals surface area contributed by atoms with E-state index in [1.54, 1.807) is 19.1 Å². The molecule has 1 fully saturated rings. The van der Waals surface area contributed by atoms with Crippen LogP contribution < -0.4 is 5.32 Å². The molecule has 5 nitrogen and oxygen atoms in total. The molecule has 0 saturated heterocycles. The van der Waals surface area contributed by atoms with E-state index in [2.05, 4.69) is 5.32 Å². The molecule has 0 aliphatic heterocycles. The lowest BCUT2D eigenvalue weighted by molar-refractivity contribution is -0.138. The lowest BCUT2D eigenvalue weighted by Gasteiger charge is -2.10. The summed E-state index contributed by atoms with van der Waals surface area (Å²) in [6.07, 6.45) is 0.196. The summed E-state index contributed by atoms with van der Waals surface area (Å²) in [5.74, 6) is -1.09. The van der Waals surface area contributed by atoms with Gasteiger partial charge in [0.25, 0.3) is 5.91 Å². The predicted molar refractivity (Wildman–Crippen MR) is 70.0 cm³/mol. The number of carbonyl (C=O) groups excluding carboxylic acids is 1. The number of nitrogens with one attached hydrogen (secondary N) is 1. The Kier molecular flexibility index (Phi) is 3.85. The molecular formula is C14H17NO4. The molecule has 19 heavy (non-hydrogen) atoms. The van der Waals surface area contributed by atoms with E-state index < -0.39 is 12.1 Å². The fourth-order valence-electron chi connectivity index (χ4n) is 2.00. The molecule has 1 aliphatic rings. The van der Waals surface area contributed by atoms with E-state index >= 15 is 0 Å². The minimum atomic E-state index is -0.740. The fourth-order valence-corrected chi connectivity index (χ4v) is 2.00. The Morgan fingerprint density at radius 1 is 1.37 bits per heavy atom. The second-order valence-corrected chi connectivity index (χ2v) is 4.78. The molecule has 5 heteroatoms. The van der Waals surface area contributed by atoms with Crippen LogP contribution in [0.2, 0.25) is 0 Å². The molecule has 0 bridgehead atoms. The molecule has 3 atom stereocenters. The first-order valence-electron chi connectivity index (χ1n) is 6.19. The molecule has 1 aliphatic carbocycles. The maximum absolute atomic E-state index is 11.6. The number of hydrogen-bond donors (Lipinski definition) is 2. The minimum absolute atomic E-state index is 0.111. The largest absolute Gasteiger partial charge is 0.481 e. The standard InChI is InChI=1S/C14H17NO4/c1-8(19-2)13(16)15-10-5-3-9(4-6-10)11-7-12(11)14(17)18/h3-6,8,11-12H,7H2,1-2H3,(H,15,16)(H,17,18)/t8?,11-,12+/m0/s1. The summed E-state index contributed by atoms with van der Waals surface area (Å²) in [6.45, 7) is 1.67. The third-order valence-electron chi connectivity index (χ3n) is 3.44. The Hall–Kier alpha value is -1.88. The summed E-state index contributed by atoms with van der Waals surface area (Å²) in [5.41, 5.74) is 1.69. The first-order valence-corrected chi connectivity index (χ1v) is 6.19. The fraction of sp³-hybridized carbons (Fsp3) is 0.429. The van der Waals surface area contributed by atoms with E-state index in [-0.39, 0.29) is 17.7 Å². The van der Waals surface area contributed by atoms with Gasteiger partial charge in [-0.1, -0.05) is 12.1 Å². The second-order valence-electron chi connectivity index (χ2n) is 4.78. The van der Waals surface area contributed by atoms with Crippen LogP contribution in [-0.4, -0.2) is 30.2 Å². The van der Waals surface area contributed by atoms with E-state index in [4.69, 9.17) is 9.84 Å². The van der Waals surface area contributed by atoms with Gasteiger partial charge in [-0.25, -0.2) is 0 Å². The lowest BCUT2D eigenvalue weighted by atomic mass is 10.1. The van der Waals surface area contributed by atoms with Crippen LogP contribution in [0.15, 0.2) is 24.3 Å². The third-order valence-corrected chi connectivity index (χ3v) is 3.44. The van der Waals surface area contributed by atoms with Gasteiger partial charge in [0.15, 0.2) is 0 Å². The van der Waals surface area contributed by atoms with Crippen LogP contribution in [0.25, 0.3) is 0 Å². The Morgan fingerprint density at radius 3 is 2.47 bits per heavy atom. The number of ether oxygens (including phenoxy) is 1. The Morgan fingerprint density at radius 2 is 2.00 bits per heavy atom. The number of hydrogen-bond acceptors (Lipinski definition) is 3. The van der Waals surface area contributed by atoms with Gasteiger partial charge in [0, 0.05) is 12.8 Å². The monoisotopic (exact) mass is 263 g/mol. The van der Waals surface area contributed by atoms with Crippen molar-refractivity contribution in [2.45, 2.75) is 25.4 Å². The maximum Gasteiger partial charge on any atom is 0.307 e. The first-order chi connectivity index (χ1) is 9.02. The van der Waals surface area contributed by atoms with Crippen LogP contribution in [0.4, 0.5) is 5.69 Å². The first kappa shape index (κ1) is 13.5. The van der Waals surface area contributed by atoms with Gasteiger partial charge in [-0.2, -0.15) is 0 Å². The van der Waals surface area contributed by atoms with E-state index in [0.29, 0.717) is 12.1 Å². The molecule has 1 amide bonds. The van der Waals surface area contributed by atoms with Crippen LogP contribution >= 0.6 is 0 Å². The van der Waals surface area contributed by atoms with Crippen LogP contribution in [0, 0.1) is 5.92 Å². The molecule has 2 rings (SSSR count). The molecule has 0 radical (unpaired) electrons. The highest BCUT2D eigenvalue weighted by Crippen LogP contribution is 2.47. The van der Waals surface area contributed by atoms with Crippen molar-refractivity contribution in [1.82, 2.24) is 0 Å². The quantitative estimate of drug-likeness (QED) is 0.850. The number of carboxylic acids is 1. The van der Waals surface area contributed by atoms with Crippen molar-refractivity contribution in [1.29, 1.82) is 0 Å². The van der Waals surface area contributed by atoms with Gasteiger partial charge in [-0.05, 0) is 37.0 Å². The number of benzene rings is 1. The highest BCUT2D eigenvalue weighted by Gasteiger charge is 2.43. The summed E-state index contributed by atoms with van der Waals surface area (Å²) in [7, 11) is 1.48. The van der Waals surface area contributed by atoms with Crippen molar-refractivity contribution in [2.24, 2.45) is 5.92 Å². The normalized spacial score (nSPS) is 22.6. The van der Waals surface area contributed by atoms with Crippen molar-refractivity contribution in [3.05, 3.63) is 29.8 Å². The van der Waals surface area contributed by atoms with Crippen LogP contribution in [0.5, 0.6) is 0 Å². The summed E-state index contributed by atoms with van der Waals surface area (Å²) >= 11 is 0. The number of rotatable bonds is 5. The number of anilines is 1. The highest BCUT2D eigenvalue weighted by molar-refractivity contribution is 5.93. The smallest absolute Gasteiger partial charge is 0.307 e. The summed E-state index contributed by atoms with van der Waals surface area (Å²) in [5, 5.41) is 11.6. The molecule has 1 aromatic carbocycles. The SMILES string of the molecule is COC(C)C(=O)Nc1ccc([C@@H]2C[C@H]2C(=O)O)cc1. The van der Waals surface area contributed by atoms with Crippen molar-refractivity contribution >= 4 is 17.6 Å². The molecule has 2 N–H and O–H groups in total. The number of methoxy groups -OCH3 is 1. The molecule has 0 aromatic heterocycles. The second kappa shape index (κ2) is 5.40. The zero-order valence-corrected chi connectivity index (χ0v) is 10.9. The van der Waals surface area contributed by atoms with Gasteiger partial charge < -0.3 is 15.2 Å². The zero-order valence-electron chi connectivity index (χ0n) is 10.9. The van der Waals surface area contributed by atoms with Crippen LogP contribution in [0.1, 0.15) is 24.8 Å². The number of carbonyl (C=O) groups is 2. The molecule has 1 aromatic rings. The summed E-state index contributed by atoms with van der Waals surface area (Å²) in [4.78, 5) is 22.4. The highest BCUT2D eigenvalue weighted by atomic mass is 16.5. The predicted octanol–water partition coefficient (Wildman–Crippen LogP) is 1.85. The van der Waals surface area contributed by atoms with E-state index in [1.165, 1.54) is 7.11 Å². The van der Waals surface area contributed by atoms with Crippen molar-refractivity contribution in [3.63, 3.8) is 0 Å². The molecular weight excluding hydrogens is 246 g/mol. The molecule has 102 valence electrons. The third kappa shape index (κ3) is 3.12. The number of carboxylic acid groups (broad SMARTS) is 1. The number of aliphatic carboxylic acids is 1. The van der Waals surface area contributed by atoms with Gasteiger partial charge in [0.1, 0.15) is 6.10 Å². The topological polar surface area (TPSA) is 75.6 Å². The summed E-state index contributed by atoms with van der Waals surface area (Å²) < 4.78 is 4.92. The Bertz CT molecular complexity index is 483. The van der Waals surface area contributed by atoms with E-state index in [9.17, 15) is 9.59 Å². The van der Waals surface area contributed by atoms with Crippen LogP contribution in [0.3, 0.4) is 0 Å². The van der Waals surface area contributed by atoms with E-state index in [1.807, 2.05) is 12.1 Å². The average Bonchev–Trinajstić information content (AvgIpc) is 3.19.